The summed E-state index contributed by atoms with van der Waals surface area (Å²) in [5.41, 5.74) is 1.41. The zero-order valence-corrected chi connectivity index (χ0v) is 8.67. The van der Waals surface area contributed by atoms with Gasteiger partial charge in [0.25, 0.3) is 0 Å². The molecule has 2 nitrogen and oxygen atoms in total. The molecular weight excluding hydrogens is 148 g/mol. The van der Waals surface area contributed by atoms with E-state index in [4.69, 9.17) is 0 Å². The van der Waals surface area contributed by atoms with Gasteiger partial charge in [-0.05, 0) is 27.2 Å². The molecule has 0 aromatic heterocycles. The lowest BCUT2D eigenvalue weighted by atomic mass is 10.3. The van der Waals surface area contributed by atoms with Gasteiger partial charge in [0.2, 0.25) is 0 Å². The molecule has 70 valence electrons. The van der Waals surface area contributed by atoms with Crippen molar-refractivity contribution < 1.29 is 0 Å². The molecule has 0 aromatic rings. The summed E-state index contributed by atoms with van der Waals surface area (Å²) in [4.78, 5) is 4.88. The molecule has 0 spiro atoms. The molecule has 1 aliphatic heterocycles. The minimum atomic E-state index is 0.611. The van der Waals surface area contributed by atoms with Gasteiger partial charge in [-0.25, -0.2) is 0 Å². The summed E-state index contributed by atoms with van der Waals surface area (Å²) >= 11 is 0. The first kappa shape index (κ1) is 9.43. The molecule has 0 aromatic carbocycles. The van der Waals surface area contributed by atoms with Crippen LogP contribution in [0, 0.1) is 0 Å². The van der Waals surface area contributed by atoms with Gasteiger partial charge in [0.15, 0.2) is 0 Å². The third-order valence-electron chi connectivity index (χ3n) is 2.62. The van der Waals surface area contributed by atoms with Crippen molar-refractivity contribution in [3.8, 4) is 0 Å². The van der Waals surface area contributed by atoms with Gasteiger partial charge in [0.05, 0.1) is 0 Å². The zero-order chi connectivity index (χ0) is 9.14. The van der Waals surface area contributed by atoms with Gasteiger partial charge >= 0.3 is 0 Å². The maximum absolute atomic E-state index is 2.46. The number of hydrogen-bond donors (Lipinski definition) is 0. The molecule has 0 bridgehead atoms. The number of rotatable bonds is 3. The second kappa shape index (κ2) is 3.83. The van der Waals surface area contributed by atoms with Crippen molar-refractivity contribution >= 4 is 0 Å². The molecule has 0 saturated carbocycles. The van der Waals surface area contributed by atoms with E-state index in [1.165, 1.54) is 12.1 Å². The maximum Gasteiger partial charge on any atom is 0.101 e. The average molecular weight is 168 g/mol. The second-order valence-electron chi connectivity index (χ2n) is 3.28. The average Bonchev–Trinajstić information content (AvgIpc) is 2.40. The van der Waals surface area contributed by atoms with Crippen LogP contribution in [0.3, 0.4) is 0 Å². The van der Waals surface area contributed by atoms with E-state index in [0.29, 0.717) is 6.17 Å². The fourth-order valence-electron chi connectivity index (χ4n) is 2.03. The van der Waals surface area contributed by atoms with Gasteiger partial charge in [-0.3, -0.25) is 0 Å². The van der Waals surface area contributed by atoms with Gasteiger partial charge in [-0.15, -0.1) is 0 Å². The smallest absolute Gasteiger partial charge is 0.101 e. The highest BCUT2D eigenvalue weighted by Gasteiger charge is 2.25. The molecule has 1 aliphatic rings. The summed E-state index contributed by atoms with van der Waals surface area (Å²) in [5, 5.41) is 0. The quantitative estimate of drug-likeness (QED) is 0.637. The van der Waals surface area contributed by atoms with Crippen LogP contribution in [0.5, 0.6) is 0 Å². The van der Waals surface area contributed by atoms with E-state index in [-0.39, 0.29) is 0 Å². The van der Waals surface area contributed by atoms with Crippen LogP contribution in [0.4, 0.5) is 0 Å². The molecule has 0 N–H and O–H groups in total. The zero-order valence-electron chi connectivity index (χ0n) is 8.67. The first-order valence-corrected chi connectivity index (χ1v) is 4.95. The van der Waals surface area contributed by atoms with Gasteiger partial charge in [-0.2, -0.15) is 0 Å². The highest BCUT2D eigenvalue weighted by Crippen LogP contribution is 2.23. The molecule has 1 atom stereocenters. The Balaban J connectivity index is 2.70. The highest BCUT2D eigenvalue weighted by atomic mass is 15.4. The van der Waals surface area contributed by atoms with Crippen molar-refractivity contribution in [1.29, 1.82) is 0 Å². The van der Waals surface area contributed by atoms with Gasteiger partial charge in [0.1, 0.15) is 6.17 Å². The molecule has 12 heavy (non-hydrogen) atoms. The van der Waals surface area contributed by atoms with Crippen LogP contribution in [0.2, 0.25) is 0 Å². The van der Waals surface area contributed by atoms with Crippen molar-refractivity contribution in [1.82, 2.24) is 9.80 Å². The lowest BCUT2D eigenvalue weighted by molar-refractivity contribution is 0.151. The highest BCUT2D eigenvalue weighted by molar-refractivity contribution is 5.06. The summed E-state index contributed by atoms with van der Waals surface area (Å²) in [7, 11) is 0. The van der Waals surface area contributed by atoms with Crippen molar-refractivity contribution in [2.75, 3.05) is 13.1 Å². The normalized spacial score (nSPS) is 23.3. The molecule has 0 amide bonds. The topological polar surface area (TPSA) is 6.48 Å². The predicted molar refractivity (Wildman–Crippen MR) is 52.6 cm³/mol. The Morgan fingerprint density at radius 1 is 1.25 bits per heavy atom. The fourth-order valence-corrected chi connectivity index (χ4v) is 2.03. The van der Waals surface area contributed by atoms with Crippen LogP contribution in [-0.2, 0) is 0 Å². The van der Waals surface area contributed by atoms with Crippen LogP contribution in [0.1, 0.15) is 34.1 Å². The number of allylic oxidation sites excluding steroid dienone is 1. The number of nitrogens with zero attached hydrogens (tertiary/aromatic N) is 2. The SMILES string of the molecule is CCC1N(CC)C=C(C)N1CC. The summed E-state index contributed by atoms with van der Waals surface area (Å²) in [5.74, 6) is 0. The Morgan fingerprint density at radius 2 is 1.92 bits per heavy atom. The predicted octanol–water partition coefficient (Wildman–Crippen LogP) is 2.24. The van der Waals surface area contributed by atoms with Crippen LogP contribution in [0.25, 0.3) is 0 Å². The molecule has 1 heterocycles. The monoisotopic (exact) mass is 168 g/mol. The molecule has 1 unspecified atom stereocenters. The summed E-state index contributed by atoms with van der Waals surface area (Å²) < 4.78 is 0. The fraction of sp³-hybridized carbons (Fsp3) is 0.800. The van der Waals surface area contributed by atoms with E-state index in [1.807, 2.05) is 0 Å². The molecule has 0 aliphatic carbocycles. The Bertz CT molecular complexity index is 175. The Hall–Kier alpha value is -0.660. The van der Waals surface area contributed by atoms with Gasteiger partial charge in [-0.1, -0.05) is 6.92 Å². The summed E-state index contributed by atoms with van der Waals surface area (Å²) in [6, 6.07) is 0. The van der Waals surface area contributed by atoms with Crippen molar-refractivity contribution in [3.05, 3.63) is 11.9 Å². The van der Waals surface area contributed by atoms with Crippen LogP contribution >= 0.6 is 0 Å². The Kier molecular flexibility index (Phi) is 3.01. The maximum atomic E-state index is 2.46. The third kappa shape index (κ3) is 1.43. The third-order valence-corrected chi connectivity index (χ3v) is 2.62. The standard InChI is InChI=1S/C10H20N2/c1-5-10-11(6-2)8-9(4)12(10)7-3/h8,10H,5-7H2,1-4H3. The van der Waals surface area contributed by atoms with Crippen molar-refractivity contribution in [3.63, 3.8) is 0 Å². The minimum absolute atomic E-state index is 0.611. The van der Waals surface area contributed by atoms with E-state index >= 15 is 0 Å². The van der Waals surface area contributed by atoms with Crippen LogP contribution < -0.4 is 0 Å². The number of hydrogen-bond acceptors (Lipinski definition) is 2. The molecule has 0 saturated heterocycles. The molecule has 2 heteroatoms. The van der Waals surface area contributed by atoms with E-state index in [1.54, 1.807) is 0 Å². The van der Waals surface area contributed by atoms with Gasteiger partial charge in [0, 0.05) is 25.0 Å². The second-order valence-corrected chi connectivity index (χ2v) is 3.28. The van der Waals surface area contributed by atoms with E-state index < -0.39 is 0 Å². The molecule has 1 rings (SSSR count). The molecule has 0 radical (unpaired) electrons. The van der Waals surface area contributed by atoms with Crippen molar-refractivity contribution in [2.24, 2.45) is 0 Å². The molecular formula is C10H20N2. The summed E-state index contributed by atoms with van der Waals surface area (Å²) in [6.45, 7) is 11.1. The minimum Gasteiger partial charge on any atom is -0.356 e. The van der Waals surface area contributed by atoms with E-state index in [9.17, 15) is 0 Å². The van der Waals surface area contributed by atoms with Crippen LogP contribution in [-0.4, -0.2) is 29.1 Å². The largest absolute Gasteiger partial charge is 0.356 e. The Labute approximate surface area is 75.8 Å². The lowest BCUT2D eigenvalue weighted by Gasteiger charge is -2.31. The van der Waals surface area contributed by atoms with E-state index in [2.05, 4.69) is 43.7 Å². The van der Waals surface area contributed by atoms with Gasteiger partial charge < -0.3 is 9.80 Å². The molecule has 0 fully saturated rings. The first-order valence-electron chi connectivity index (χ1n) is 4.95. The Morgan fingerprint density at radius 3 is 2.33 bits per heavy atom. The summed E-state index contributed by atoms with van der Waals surface area (Å²) in [6.07, 6.45) is 4.09. The first-order chi connectivity index (χ1) is 5.74. The lowest BCUT2D eigenvalue weighted by Crippen LogP contribution is -2.38. The van der Waals surface area contributed by atoms with Crippen molar-refractivity contribution in [2.45, 2.75) is 40.3 Å². The van der Waals surface area contributed by atoms with Crippen LogP contribution in [0.15, 0.2) is 11.9 Å². The van der Waals surface area contributed by atoms with E-state index in [0.717, 1.165) is 13.1 Å².